The van der Waals surface area contributed by atoms with Crippen LogP contribution in [0.1, 0.15) is 18.1 Å². The van der Waals surface area contributed by atoms with Crippen molar-refractivity contribution in [2.75, 3.05) is 6.54 Å². The molecule has 0 aliphatic heterocycles. The Bertz CT molecular complexity index is 775. The quantitative estimate of drug-likeness (QED) is 0.844. The van der Waals surface area contributed by atoms with Gasteiger partial charge in [-0.05, 0) is 48.4 Å². The summed E-state index contributed by atoms with van der Waals surface area (Å²) < 4.78 is 53.0. The van der Waals surface area contributed by atoms with E-state index in [4.69, 9.17) is 0 Å². The van der Waals surface area contributed by atoms with Crippen LogP contribution in [-0.4, -0.2) is 19.3 Å². The normalized spacial score (nSPS) is 11.9. The van der Waals surface area contributed by atoms with Crippen LogP contribution in [0.2, 0.25) is 0 Å². The lowest BCUT2D eigenvalue weighted by molar-refractivity contribution is 0.422. The molecule has 0 aliphatic carbocycles. The number of halogens is 2. The maximum absolute atomic E-state index is 13.2. The lowest BCUT2D eigenvalue weighted by Gasteiger charge is -2.21. The molecule has 2 rings (SSSR count). The summed E-state index contributed by atoms with van der Waals surface area (Å²) in [6, 6.07) is 9.37. The van der Waals surface area contributed by atoms with Gasteiger partial charge in [0, 0.05) is 13.1 Å². The van der Waals surface area contributed by atoms with Crippen molar-refractivity contribution in [1.82, 2.24) is 4.31 Å². The molecule has 0 aromatic heterocycles. The highest BCUT2D eigenvalue weighted by molar-refractivity contribution is 7.89. The van der Waals surface area contributed by atoms with E-state index in [1.54, 1.807) is 19.9 Å². The second-order valence-corrected chi connectivity index (χ2v) is 6.88. The summed E-state index contributed by atoms with van der Waals surface area (Å²) in [7, 11) is -3.77. The Balaban J connectivity index is 2.36. The van der Waals surface area contributed by atoms with E-state index in [2.05, 4.69) is 0 Å². The SMILES string of the molecule is CCN(Cc1cccc(F)c1)S(=O)(=O)c1ccc(F)cc1C. The van der Waals surface area contributed by atoms with Gasteiger partial charge < -0.3 is 0 Å². The molecule has 3 nitrogen and oxygen atoms in total. The molecule has 0 spiro atoms. The van der Waals surface area contributed by atoms with Gasteiger partial charge in [0.05, 0.1) is 4.90 Å². The molecule has 0 radical (unpaired) electrons. The predicted molar refractivity (Wildman–Crippen MR) is 80.8 cm³/mol. The van der Waals surface area contributed by atoms with Crippen LogP contribution >= 0.6 is 0 Å². The van der Waals surface area contributed by atoms with Gasteiger partial charge in [-0.15, -0.1) is 0 Å². The van der Waals surface area contributed by atoms with E-state index < -0.39 is 21.7 Å². The minimum absolute atomic E-state index is 0.0622. The summed E-state index contributed by atoms with van der Waals surface area (Å²) in [5.74, 6) is -0.895. The number of rotatable bonds is 5. The van der Waals surface area contributed by atoms with Crippen LogP contribution in [0.15, 0.2) is 47.4 Å². The molecule has 0 saturated heterocycles. The third-order valence-corrected chi connectivity index (χ3v) is 5.44. The maximum atomic E-state index is 13.2. The standard InChI is InChI=1S/C16H17F2NO2S/c1-3-19(11-13-5-4-6-14(17)10-13)22(20,21)16-8-7-15(18)9-12(16)2/h4-10H,3,11H2,1-2H3. The van der Waals surface area contributed by atoms with Crippen molar-refractivity contribution < 1.29 is 17.2 Å². The first-order valence-corrected chi connectivity index (χ1v) is 8.29. The number of nitrogens with zero attached hydrogens (tertiary/aromatic N) is 1. The zero-order valence-electron chi connectivity index (χ0n) is 12.4. The predicted octanol–water partition coefficient (Wildman–Crippen LogP) is 3.48. The van der Waals surface area contributed by atoms with Crippen LogP contribution in [0.25, 0.3) is 0 Å². The van der Waals surface area contributed by atoms with Crippen molar-refractivity contribution >= 4 is 10.0 Å². The molecule has 0 unspecified atom stereocenters. The summed E-state index contributed by atoms with van der Waals surface area (Å²) in [5, 5.41) is 0. The maximum Gasteiger partial charge on any atom is 0.243 e. The molecule has 2 aromatic rings. The molecule has 0 saturated carbocycles. The average Bonchev–Trinajstić information content (AvgIpc) is 2.44. The average molecular weight is 325 g/mol. The van der Waals surface area contributed by atoms with Crippen LogP contribution in [0.3, 0.4) is 0 Å². The summed E-state index contributed by atoms with van der Waals surface area (Å²) in [6.45, 7) is 3.55. The van der Waals surface area contributed by atoms with Crippen molar-refractivity contribution in [1.29, 1.82) is 0 Å². The van der Waals surface area contributed by atoms with E-state index in [-0.39, 0.29) is 18.0 Å². The minimum Gasteiger partial charge on any atom is -0.207 e. The minimum atomic E-state index is -3.77. The van der Waals surface area contributed by atoms with Crippen LogP contribution in [0, 0.1) is 18.6 Å². The molecule has 0 N–H and O–H groups in total. The summed E-state index contributed by atoms with van der Waals surface area (Å²) >= 11 is 0. The molecule has 118 valence electrons. The molecule has 2 aromatic carbocycles. The first-order valence-electron chi connectivity index (χ1n) is 6.85. The van der Waals surface area contributed by atoms with Gasteiger partial charge >= 0.3 is 0 Å². The number of hydrogen-bond acceptors (Lipinski definition) is 2. The van der Waals surface area contributed by atoms with Gasteiger partial charge in [-0.2, -0.15) is 4.31 Å². The zero-order chi connectivity index (χ0) is 16.3. The van der Waals surface area contributed by atoms with E-state index in [0.717, 1.165) is 6.07 Å². The fourth-order valence-corrected chi connectivity index (χ4v) is 3.89. The smallest absolute Gasteiger partial charge is 0.207 e. The fraction of sp³-hybridized carbons (Fsp3) is 0.250. The summed E-state index contributed by atoms with van der Waals surface area (Å²) in [6.07, 6.45) is 0. The van der Waals surface area contributed by atoms with Crippen molar-refractivity contribution in [3.05, 3.63) is 65.2 Å². The van der Waals surface area contributed by atoms with E-state index in [1.165, 1.54) is 34.6 Å². The highest BCUT2D eigenvalue weighted by Gasteiger charge is 2.25. The molecule has 0 heterocycles. The highest BCUT2D eigenvalue weighted by Crippen LogP contribution is 2.22. The van der Waals surface area contributed by atoms with E-state index in [0.29, 0.717) is 11.1 Å². The number of benzene rings is 2. The Kier molecular flexibility index (Phi) is 4.93. The fourth-order valence-electron chi connectivity index (χ4n) is 2.25. The van der Waals surface area contributed by atoms with E-state index in [1.807, 2.05) is 0 Å². The molecular weight excluding hydrogens is 308 g/mol. The van der Waals surface area contributed by atoms with Crippen LogP contribution in [0.5, 0.6) is 0 Å². The first kappa shape index (κ1) is 16.6. The zero-order valence-corrected chi connectivity index (χ0v) is 13.2. The molecule has 0 amide bonds. The van der Waals surface area contributed by atoms with E-state index >= 15 is 0 Å². The van der Waals surface area contributed by atoms with Gasteiger partial charge in [-0.1, -0.05) is 19.1 Å². The Morgan fingerprint density at radius 2 is 1.73 bits per heavy atom. The molecule has 0 fully saturated rings. The largest absolute Gasteiger partial charge is 0.243 e. The van der Waals surface area contributed by atoms with Gasteiger partial charge in [-0.25, -0.2) is 17.2 Å². The van der Waals surface area contributed by atoms with Crippen LogP contribution in [-0.2, 0) is 16.6 Å². The van der Waals surface area contributed by atoms with Crippen molar-refractivity contribution in [3.63, 3.8) is 0 Å². The molecule has 0 bridgehead atoms. The number of sulfonamides is 1. The number of aryl methyl sites for hydroxylation is 1. The molecule has 0 atom stereocenters. The van der Waals surface area contributed by atoms with Gasteiger partial charge in [0.2, 0.25) is 10.0 Å². The van der Waals surface area contributed by atoms with Crippen LogP contribution in [0.4, 0.5) is 8.78 Å². The molecule has 0 aliphatic rings. The van der Waals surface area contributed by atoms with Crippen molar-refractivity contribution in [3.8, 4) is 0 Å². The third kappa shape index (κ3) is 3.51. The lowest BCUT2D eigenvalue weighted by atomic mass is 10.2. The third-order valence-electron chi connectivity index (χ3n) is 3.36. The summed E-state index contributed by atoms with van der Waals surface area (Å²) in [5.41, 5.74) is 0.905. The molecule has 22 heavy (non-hydrogen) atoms. The monoisotopic (exact) mass is 325 g/mol. The van der Waals surface area contributed by atoms with Crippen LogP contribution < -0.4 is 0 Å². The number of hydrogen-bond donors (Lipinski definition) is 0. The molecular formula is C16H17F2NO2S. The Hall–Kier alpha value is -1.79. The van der Waals surface area contributed by atoms with Crippen molar-refractivity contribution in [2.45, 2.75) is 25.3 Å². The summed E-state index contributed by atoms with van der Waals surface area (Å²) in [4.78, 5) is 0.0622. The second-order valence-electron chi connectivity index (χ2n) is 4.97. The van der Waals surface area contributed by atoms with Crippen molar-refractivity contribution in [2.24, 2.45) is 0 Å². The van der Waals surface area contributed by atoms with Gasteiger partial charge in [0.1, 0.15) is 11.6 Å². The molecule has 6 heteroatoms. The Morgan fingerprint density at radius 1 is 1.05 bits per heavy atom. The van der Waals surface area contributed by atoms with E-state index in [9.17, 15) is 17.2 Å². The Labute approximate surface area is 129 Å². The van der Waals surface area contributed by atoms with Gasteiger partial charge in [0.25, 0.3) is 0 Å². The van der Waals surface area contributed by atoms with Gasteiger partial charge in [-0.3, -0.25) is 0 Å². The first-order chi connectivity index (χ1) is 10.3. The topological polar surface area (TPSA) is 37.4 Å². The van der Waals surface area contributed by atoms with Gasteiger partial charge in [0.15, 0.2) is 0 Å². The highest BCUT2D eigenvalue weighted by atomic mass is 32.2. The lowest BCUT2D eigenvalue weighted by Crippen LogP contribution is -2.31. The Morgan fingerprint density at radius 3 is 2.32 bits per heavy atom. The second kappa shape index (κ2) is 6.54.